The Morgan fingerprint density at radius 1 is 1.00 bits per heavy atom. The lowest BCUT2D eigenvalue weighted by molar-refractivity contribution is 0.360. The second-order valence-corrected chi connectivity index (χ2v) is 10.9. The molecular weight excluding hydrogens is 583 g/mol. The Morgan fingerprint density at radius 3 is 2.27 bits per heavy atom. The zero-order chi connectivity index (χ0) is 28.6. The van der Waals surface area contributed by atoms with E-state index in [0.29, 0.717) is 22.7 Å². The molecule has 0 saturated carbocycles. The lowest BCUT2D eigenvalue weighted by Gasteiger charge is -2.13. The zero-order valence-corrected chi connectivity index (χ0v) is 23.4. The Kier molecular flexibility index (Phi) is 7.27. The van der Waals surface area contributed by atoms with Crippen LogP contribution in [0.5, 0.6) is 23.0 Å². The third-order valence-corrected chi connectivity index (χ3v) is 6.62. The average molecular weight is 603 g/mol. The maximum absolute atomic E-state index is 11.7. The van der Waals surface area contributed by atoms with Crippen molar-refractivity contribution in [2.45, 2.75) is 0 Å². The lowest BCUT2D eigenvalue weighted by Crippen LogP contribution is -2.19. The van der Waals surface area contributed by atoms with E-state index in [-0.39, 0.29) is 50.5 Å². The van der Waals surface area contributed by atoms with E-state index in [4.69, 9.17) is 37.4 Å². The summed E-state index contributed by atoms with van der Waals surface area (Å²) in [5, 5.41) is 18.8. The van der Waals surface area contributed by atoms with Crippen LogP contribution in [0.3, 0.4) is 0 Å². The third-order valence-electron chi connectivity index (χ3n) is 5.44. The SMILES string of the molecule is COc1cccc(OC)c1OC1=Nn2nc(-c3cccc(NS(C)(=O)=O)c3)nc2C1=Nc1cc(Cl)c(O)c(Cl)c1. The molecule has 12 nitrogen and oxygen atoms in total. The van der Waals surface area contributed by atoms with E-state index >= 15 is 0 Å². The van der Waals surface area contributed by atoms with Crippen LogP contribution in [0, 0.1) is 0 Å². The molecule has 0 bridgehead atoms. The number of hydrogen-bond donors (Lipinski definition) is 2. The molecule has 0 unspecified atom stereocenters. The quantitative estimate of drug-likeness (QED) is 0.308. The molecule has 0 radical (unpaired) electrons. The molecule has 206 valence electrons. The molecule has 0 fully saturated rings. The minimum atomic E-state index is -3.49. The summed E-state index contributed by atoms with van der Waals surface area (Å²) in [5.41, 5.74) is 1.31. The largest absolute Gasteiger partial charge is 0.505 e. The van der Waals surface area contributed by atoms with Gasteiger partial charge in [0.2, 0.25) is 21.6 Å². The van der Waals surface area contributed by atoms with Crippen LogP contribution in [0.25, 0.3) is 11.4 Å². The van der Waals surface area contributed by atoms with Crippen molar-refractivity contribution in [3.63, 3.8) is 0 Å². The molecule has 15 heteroatoms. The van der Waals surface area contributed by atoms with Crippen molar-refractivity contribution >= 4 is 56.2 Å². The summed E-state index contributed by atoms with van der Waals surface area (Å²) in [5.74, 6) is 1.19. The fourth-order valence-electron chi connectivity index (χ4n) is 3.74. The number of sulfonamides is 1. The van der Waals surface area contributed by atoms with Crippen molar-refractivity contribution in [1.29, 1.82) is 0 Å². The molecule has 0 aliphatic carbocycles. The number of halogens is 2. The fraction of sp³-hybridized carbons (Fsp3) is 0.120. The molecule has 0 atom stereocenters. The number of rotatable bonds is 7. The van der Waals surface area contributed by atoms with Crippen molar-refractivity contribution in [2.75, 3.05) is 25.2 Å². The molecule has 1 aliphatic rings. The Bertz CT molecular complexity index is 1760. The number of methoxy groups -OCH3 is 2. The number of phenolic OH excluding ortho intramolecular Hbond substituents is 1. The summed E-state index contributed by atoms with van der Waals surface area (Å²) < 4.78 is 42.8. The zero-order valence-electron chi connectivity index (χ0n) is 21.1. The maximum Gasteiger partial charge on any atom is 0.269 e. The highest BCUT2D eigenvalue weighted by molar-refractivity contribution is 7.92. The Labute approximate surface area is 238 Å². The number of ether oxygens (including phenoxy) is 3. The van der Waals surface area contributed by atoms with Gasteiger partial charge >= 0.3 is 0 Å². The molecule has 2 heterocycles. The second kappa shape index (κ2) is 10.7. The van der Waals surface area contributed by atoms with Crippen LogP contribution >= 0.6 is 23.2 Å². The van der Waals surface area contributed by atoms with E-state index < -0.39 is 10.0 Å². The van der Waals surface area contributed by atoms with Gasteiger partial charge in [-0.2, -0.15) is 0 Å². The number of benzene rings is 3. The molecule has 0 amide bonds. The summed E-state index contributed by atoms with van der Waals surface area (Å²) >= 11 is 12.2. The van der Waals surface area contributed by atoms with E-state index in [1.165, 1.54) is 31.1 Å². The molecule has 2 N–H and O–H groups in total. The van der Waals surface area contributed by atoms with Gasteiger partial charge in [-0.3, -0.25) is 4.72 Å². The number of aromatic hydroxyl groups is 1. The molecule has 40 heavy (non-hydrogen) atoms. The van der Waals surface area contributed by atoms with Crippen molar-refractivity contribution in [2.24, 2.45) is 10.1 Å². The molecule has 0 spiro atoms. The van der Waals surface area contributed by atoms with E-state index in [2.05, 4.69) is 24.9 Å². The number of anilines is 1. The number of para-hydroxylation sites is 1. The van der Waals surface area contributed by atoms with Gasteiger partial charge in [-0.1, -0.05) is 41.4 Å². The van der Waals surface area contributed by atoms with Gasteiger partial charge < -0.3 is 19.3 Å². The Morgan fingerprint density at radius 2 is 1.65 bits per heavy atom. The summed E-state index contributed by atoms with van der Waals surface area (Å²) in [7, 11) is -0.518. The fourth-order valence-corrected chi connectivity index (χ4v) is 4.77. The summed E-state index contributed by atoms with van der Waals surface area (Å²) in [4.78, 5) is 10.4. The van der Waals surface area contributed by atoms with Crippen LogP contribution < -0.4 is 18.9 Å². The van der Waals surface area contributed by atoms with Crippen LogP contribution in [0.1, 0.15) is 5.82 Å². The highest BCUT2D eigenvalue weighted by atomic mass is 35.5. The normalized spacial score (nSPS) is 13.6. The van der Waals surface area contributed by atoms with Crippen molar-refractivity contribution in [3.05, 3.63) is 70.5 Å². The van der Waals surface area contributed by atoms with Crippen molar-refractivity contribution in [1.82, 2.24) is 14.9 Å². The minimum absolute atomic E-state index is 0.00648. The molecule has 1 aromatic heterocycles. The van der Waals surface area contributed by atoms with Gasteiger partial charge in [0.25, 0.3) is 5.90 Å². The lowest BCUT2D eigenvalue weighted by atomic mass is 10.2. The Balaban J connectivity index is 1.62. The van der Waals surface area contributed by atoms with E-state index in [9.17, 15) is 13.5 Å². The van der Waals surface area contributed by atoms with Crippen molar-refractivity contribution < 1.29 is 27.7 Å². The highest BCUT2D eigenvalue weighted by Gasteiger charge is 2.32. The summed E-state index contributed by atoms with van der Waals surface area (Å²) in [6.45, 7) is 0. The number of hydrogen-bond acceptors (Lipinski definition) is 10. The number of phenols is 1. The van der Waals surface area contributed by atoms with E-state index in [0.717, 1.165) is 6.26 Å². The van der Waals surface area contributed by atoms with Gasteiger partial charge in [0.1, 0.15) is 0 Å². The number of nitrogens with zero attached hydrogens (tertiary/aromatic N) is 5. The number of aliphatic imine (C=N–C) groups is 1. The number of nitrogens with one attached hydrogen (secondary N) is 1. The first-order valence-corrected chi connectivity index (χ1v) is 14.0. The minimum Gasteiger partial charge on any atom is -0.505 e. The molecule has 4 aromatic rings. The number of fused-ring (bicyclic) bond motifs is 1. The topological polar surface area (TPSA) is 150 Å². The number of aromatic nitrogens is 3. The second-order valence-electron chi connectivity index (χ2n) is 8.32. The average Bonchev–Trinajstić information content (AvgIpc) is 3.45. The smallest absolute Gasteiger partial charge is 0.269 e. The predicted molar refractivity (Wildman–Crippen MR) is 151 cm³/mol. The van der Waals surface area contributed by atoms with Crippen LogP contribution in [-0.2, 0) is 10.0 Å². The van der Waals surface area contributed by atoms with Gasteiger partial charge in [0.15, 0.2) is 28.8 Å². The van der Waals surface area contributed by atoms with E-state index in [1.54, 1.807) is 42.5 Å². The van der Waals surface area contributed by atoms with Crippen LogP contribution in [0.2, 0.25) is 10.0 Å². The first-order valence-electron chi connectivity index (χ1n) is 11.4. The van der Waals surface area contributed by atoms with Gasteiger partial charge in [0, 0.05) is 11.3 Å². The molecular formula is C25H20Cl2N6O6S. The van der Waals surface area contributed by atoms with Gasteiger partial charge in [-0.25, -0.2) is 18.4 Å². The molecule has 5 rings (SSSR count). The first-order chi connectivity index (χ1) is 19.1. The molecule has 3 aromatic carbocycles. The summed E-state index contributed by atoms with van der Waals surface area (Å²) in [6.07, 6.45) is 1.06. The van der Waals surface area contributed by atoms with Crippen molar-refractivity contribution in [3.8, 4) is 34.4 Å². The monoisotopic (exact) mass is 602 g/mol. The van der Waals surface area contributed by atoms with Crippen LogP contribution in [0.4, 0.5) is 11.4 Å². The van der Waals surface area contributed by atoms with Gasteiger partial charge in [0.05, 0.1) is 36.2 Å². The standard InChI is InChI=1S/C25H20Cl2N6O6S/c1-37-18-8-5-9-19(38-2)22(18)39-25-20(28-15-11-16(26)21(34)17(27)12-15)24-29-23(30-33(24)31-25)13-6-4-7-14(10-13)32-40(3,35)36/h4-12,32,34H,1-3H3. The highest BCUT2D eigenvalue weighted by Crippen LogP contribution is 2.39. The third kappa shape index (κ3) is 5.52. The Hall–Kier alpha value is -4.33. The van der Waals surface area contributed by atoms with Crippen LogP contribution in [0.15, 0.2) is 64.7 Å². The van der Waals surface area contributed by atoms with Gasteiger partial charge in [-0.15, -0.1) is 15.0 Å². The van der Waals surface area contributed by atoms with E-state index in [1.807, 2.05) is 0 Å². The molecule has 0 saturated heterocycles. The first kappa shape index (κ1) is 27.2. The van der Waals surface area contributed by atoms with Gasteiger partial charge in [-0.05, 0) is 36.4 Å². The van der Waals surface area contributed by atoms with Crippen LogP contribution in [-0.4, -0.2) is 60.5 Å². The molecule has 1 aliphatic heterocycles. The maximum atomic E-state index is 11.7. The predicted octanol–water partition coefficient (Wildman–Crippen LogP) is 4.72. The summed E-state index contributed by atoms with van der Waals surface area (Å²) in [6, 6.07) is 14.5.